The molecule has 1 atom stereocenters. The minimum atomic E-state index is 0.732. The number of thioether (sulfide) groups is 1. The molecule has 0 amide bonds. The summed E-state index contributed by atoms with van der Waals surface area (Å²) in [6.07, 6.45) is 3.58. The van der Waals surface area contributed by atoms with E-state index in [4.69, 9.17) is 4.74 Å². The van der Waals surface area contributed by atoms with Crippen LogP contribution in [-0.4, -0.2) is 44.2 Å². The molecule has 122 valence electrons. The summed E-state index contributed by atoms with van der Waals surface area (Å²) in [6, 6.07) is 6.30. The van der Waals surface area contributed by atoms with E-state index in [1.807, 2.05) is 13.1 Å². The number of nitrogens with zero attached hydrogens (tertiary/aromatic N) is 1. The van der Waals surface area contributed by atoms with Gasteiger partial charge >= 0.3 is 0 Å². The Kier molecular flexibility index (Phi) is 6.90. The fourth-order valence-corrected chi connectivity index (χ4v) is 3.86. The number of aryl methyl sites for hydroxylation is 1. The molecule has 0 saturated carbocycles. The Bertz CT molecular complexity index is 499. The minimum Gasteiger partial charge on any atom is -0.496 e. The summed E-state index contributed by atoms with van der Waals surface area (Å²) < 4.78 is 5.42. The van der Waals surface area contributed by atoms with Crippen LogP contribution in [-0.2, 0) is 6.42 Å². The summed E-state index contributed by atoms with van der Waals surface area (Å²) in [5, 5.41) is 7.54. The summed E-state index contributed by atoms with van der Waals surface area (Å²) in [7, 11) is 3.55. The van der Waals surface area contributed by atoms with E-state index in [9.17, 15) is 0 Å². The number of benzene rings is 1. The van der Waals surface area contributed by atoms with Crippen LogP contribution < -0.4 is 15.4 Å². The molecule has 1 aliphatic heterocycles. The molecule has 1 aliphatic rings. The molecule has 1 fully saturated rings. The summed E-state index contributed by atoms with van der Waals surface area (Å²) in [6.45, 7) is 3.95. The van der Waals surface area contributed by atoms with Gasteiger partial charge in [-0.2, -0.15) is 11.8 Å². The van der Waals surface area contributed by atoms with Crippen molar-refractivity contribution in [1.29, 1.82) is 0 Å². The third-order valence-corrected chi connectivity index (χ3v) is 5.27. The van der Waals surface area contributed by atoms with Crippen LogP contribution in [0.5, 0.6) is 5.75 Å². The van der Waals surface area contributed by atoms with Crippen LogP contribution in [0.4, 0.5) is 0 Å². The van der Waals surface area contributed by atoms with Gasteiger partial charge in [-0.1, -0.05) is 17.7 Å². The van der Waals surface area contributed by atoms with Crippen molar-refractivity contribution in [2.45, 2.75) is 31.4 Å². The molecule has 0 aliphatic carbocycles. The van der Waals surface area contributed by atoms with E-state index in [-0.39, 0.29) is 0 Å². The lowest BCUT2D eigenvalue weighted by molar-refractivity contribution is 0.409. The summed E-state index contributed by atoms with van der Waals surface area (Å²) in [4.78, 5) is 4.29. The number of methoxy groups -OCH3 is 1. The van der Waals surface area contributed by atoms with Crippen LogP contribution in [0.25, 0.3) is 0 Å². The van der Waals surface area contributed by atoms with Crippen molar-refractivity contribution in [1.82, 2.24) is 10.6 Å². The van der Waals surface area contributed by atoms with Gasteiger partial charge in [0, 0.05) is 25.4 Å². The highest BCUT2D eigenvalue weighted by atomic mass is 32.2. The third-order valence-electron chi connectivity index (χ3n) is 3.87. The number of hydrogen-bond acceptors (Lipinski definition) is 3. The lowest BCUT2D eigenvalue weighted by Crippen LogP contribution is -2.40. The Balaban J connectivity index is 1.77. The first kappa shape index (κ1) is 17.0. The number of ether oxygens (including phenoxy) is 1. The molecular weight excluding hydrogens is 294 g/mol. The van der Waals surface area contributed by atoms with Crippen LogP contribution in [0.1, 0.15) is 24.0 Å². The average molecular weight is 321 g/mol. The van der Waals surface area contributed by atoms with Gasteiger partial charge in [-0.15, -0.1) is 0 Å². The van der Waals surface area contributed by atoms with Gasteiger partial charge in [0.2, 0.25) is 0 Å². The summed E-state index contributed by atoms with van der Waals surface area (Å²) >= 11 is 2.06. The zero-order valence-corrected chi connectivity index (χ0v) is 14.6. The van der Waals surface area contributed by atoms with Gasteiger partial charge < -0.3 is 15.4 Å². The van der Waals surface area contributed by atoms with Crippen LogP contribution in [0.3, 0.4) is 0 Å². The highest BCUT2D eigenvalue weighted by Crippen LogP contribution is 2.25. The Hall–Kier alpha value is -1.36. The van der Waals surface area contributed by atoms with Crippen molar-refractivity contribution >= 4 is 17.7 Å². The topological polar surface area (TPSA) is 45.7 Å². The van der Waals surface area contributed by atoms with Crippen LogP contribution in [0.2, 0.25) is 0 Å². The largest absolute Gasteiger partial charge is 0.496 e. The smallest absolute Gasteiger partial charge is 0.191 e. The minimum absolute atomic E-state index is 0.732. The van der Waals surface area contributed by atoms with E-state index in [1.54, 1.807) is 7.11 Å². The molecule has 1 unspecified atom stereocenters. The van der Waals surface area contributed by atoms with Gasteiger partial charge in [0.25, 0.3) is 0 Å². The van der Waals surface area contributed by atoms with Gasteiger partial charge in [0.15, 0.2) is 5.96 Å². The highest BCUT2D eigenvalue weighted by Gasteiger charge is 2.15. The van der Waals surface area contributed by atoms with Crippen LogP contribution in [0.15, 0.2) is 23.2 Å². The van der Waals surface area contributed by atoms with Crippen molar-refractivity contribution < 1.29 is 4.74 Å². The van der Waals surface area contributed by atoms with E-state index in [1.165, 1.54) is 29.7 Å². The maximum absolute atomic E-state index is 5.42. The zero-order valence-electron chi connectivity index (χ0n) is 13.8. The molecule has 22 heavy (non-hydrogen) atoms. The SMILES string of the molecule is CN=C(NCCc1cc(C)ccc1OC)NCC1CCCS1. The molecule has 2 N–H and O–H groups in total. The molecule has 1 heterocycles. The fraction of sp³-hybridized carbons (Fsp3) is 0.588. The molecule has 0 bridgehead atoms. The van der Waals surface area contributed by atoms with Crippen molar-refractivity contribution in [3.05, 3.63) is 29.3 Å². The van der Waals surface area contributed by atoms with Crippen molar-refractivity contribution in [3.63, 3.8) is 0 Å². The standard InChI is InChI=1S/C17H27N3OS/c1-13-6-7-16(21-3)14(11-13)8-9-19-17(18-2)20-12-15-5-4-10-22-15/h6-7,11,15H,4-5,8-10,12H2,1-3H3,(H2,18,19,20). The maximum Gasteiger partial charge on any atom is 0.191 e. The first-order valence-electron chi connectivity index (χ1n) is 7.92. The fourth-order valence-electron chi connectivity index (χ4n) is 2.65. The van der Waals surface area contributed by atoms with Crippen molar-refractivity contribution in [2.75, 3.05) is 33.0 Å². The predicted molar refractivity (Wildman–Crippen MR) is 96.3 cm³/mol. The normalized spacial score (nSPS) is 18.3. The van der Waals surface area contributed by atoms with Gasteiger partial charge in [-0.3, -0.25) is 4.99 Å². The number of guanidine groups is 1. The van der Waals surface area contributed by atoms with Gasteiger partial charge in [0.05, 0.1) is 7.11 Å². The Morgan fingerprint density at radius 2 is 2.27 bits per heavy atom. The van der Waals surface area contributed by atoms with E-state index >= 15 is 0 Å². The molecular formula is C17H27N3OS. The molecule has 0 aromatic heterocycles. The van der Waals surface area contributed by atoms with E-state index in [2.05, 4.69) is 46.4 Å². The monoisotopic (exact) mass is 321 g/mol. The number of aliphatic imine (C=N–C) groups is 1. The quantitative estimate of drug-likeness (QED) is 0.624. The number of nitrogens with one attached hydrogen (secondary N) is 2. The Morgan fingerprint density at radius 1 is 1.41 bits per heavy atom. The zero-order chi connectivity index (χ0) is 15.8. The first-order valence-corrected chi connectivity index (χ1v) is 8.97. The second kappa shape index (κ2) is 8.93. The lowest BCUT2D eigenvalue weighted by Gasteiger charge is -2.15. The van der Waals surface area contributed by atoms with E-state index in [0.29, 0.717) is 0 Å². The van der Waals surface area contributed by atoms with Crippen LogP contribution >= 0.6 is 11.8 Å². The molecule has 4 nitrogen and oxygen atoms in total. The summed E-state index contributed by atoms with van der Waals surface area (Å²) in [5.41, 5.74) is 2.49. The molecule has 1 aromatic carbocycles. The van der Waals surface area contributed by atoms with Crippen molar-refractivity contribution in [3.8, 4) is 5.75 Å². The molecule has 0 radical (unpaired) electrons. The molecule has 2 rings (SSSR count). The van der Waals surface area contributed by atoms with E-state index in [0.717, 1.165) is 36.5 Å². The second-order valence-electron chi connectivity index (χ2n) is 5.58. The molecule has 1 aromatic rings. The number of hydrogen-bond donors (Lipinski definition) is 2. The maximum atomic E-state index is 5.42. The van der Waals surface area contributed by atoms with Crippen molar-refractivity contribution in [2.24, 2.45) is 4.99 Å². The molecule has 1 saturated heterocycles. The highest BCUT2D eigenvalue weighted by molar-refractivity contribution is 8.00. The average Bonchev–Trinajstić information content (AvgIpc) is 3.04. The van der Waals surface area contributed by atoms with E-state index < -0.39 is 0 Å². The van der Waals surface area contributed by atoms with Gasteiger partial charge in [0.1, 0.15) is 5.75 Å². The third kappa shape index (κ3) is 5.13. The molecule has 0 spiro atoms. The summed E-state index contributed by atoms with van der Waals surface area (Å²) in [5.74, 6) is 3.14. The first-order chi connectivity index (χ1) is 10.7. The second-order valence-corrected chi connectivity index (χ2v) is 6.99. The van der Waals surface area contributed by atoms with Crippen LogP contribution in [0, 0.1) is 6.92 Å². The Morgan fingerprint density at radius 3 is 2.95 bits per heavy atom. The van der Waals surface area contributed by atoms with Gasteiger partial charge in [-0.25, -0.2) is 0 Å². The molecule has 5 heteroatoms. The Labute approximate surface area is 138 Å². The van der Waals surface area contributed by atoms with Gasteiger partial charge in [-0.05, 0) is 43.6 Å². The number of rotatable bonds is 6. The lowest BCUT2D eigenvalue weighted by atomic mass is 10.1. The predicted octanol–water partition coefficient (Wildman–Crippen LogP) is 2.61.